The average Bonchev–Trinajstić information content (AvgIpc) is 3.13. The lowest BCUT2D eigenvalue weighted by atomic mass is 9.92. The lowest BCUT2D eigenvalue weighted by Gasteiger charge is -2.21. The molecular formula is C22H28N4O2. The Hall–Kier alpha value is -2.44. The van der Waals surface area contributed by atoms with Crippen LogP contribution in [-0.2, 0) is 13.0 Å². The Morgan fingerprint density at radius 2 is 2.04 bits per heavy atom. The Labute approximate surface area is 165 Å². The maximum atomic E-state index is 6.05. The summed E-state index contributed by atoms with van der Waals surface area (Å²) >= 11 is 0. The van der Waals surface area contributed by atoms with Gasteiger partial charge >= 0.3 is 0 Å². The molecule has 4 rings (SSSR count). The van der Waals surface area contributed by atoms with Gasteiger partial charge in [-0.25, -0.2) is 4.98 Å². The molecule has 1 aliphatic rings. The largest absolute Gasteiger partial charge is 0.439 e. The highest BCUT2D eigenvalue weighted by Crippen LogP contribution is 2.34. The number of rotatable bonds is 7. The van der Waals surface area contributed by atoms with Gasteiger partial charge in [-0.15, -0.1) is 0 Å². The van der Waals surface area contributed by atoms with Gasteiger partial charge in [-0.1, -0.05) is 11.2 Å². The molecule has 6 heteroatoms. The van der Waals surface area contributed by atoms with Crippen LogP contribution in [0, 0.1) is 5.92 Å². The highest BCUT2D eigenvalue weighted by atomic mass is 16.5. The van der Waals surface area contributed by atoms with E-state index in [4.69, 9.17) is 9.26 Å². The number of aryl methyl sites for hydroxylation is 1. The number of hydrogen-bond donors (Lipinski definition) is 1. The maximum absolute atomic E-state index is 6.05. The number of aromatic nitrogens is 2. The van der Waals surface area contributed by atoms with Crippen LogP contribution in [0.1, 0.15) is 30.5 Å². The van der Waals surface area contributed by atoms with Crippen LogP contribution in [-0.4, -0.2) is 42.2 Å². The first-order chi connectivity index (χ1) is 13.7. The number of piperidine rings is 1. The topological polar surface area (TPSA) is 63.4 Å². The number of fused-ring (bicyclic) bond motifs is 1. The fourth-order valence-electron chi connectivity index (χ4n) is 3.86. The smallest absolute Gasteiger partial charge is 0.219 e. The van der Waals surface area contributed by atoms with Gasteiger partial charge in [0.05, 0.1) is 11.3 Å². The maximum Gasteiger partial charge on any atom is 0.219 e. The molecule has 0 spiro atoms. The summed E-state index contributed by atoms with van der Waals surface area (Å²) in [5.41, 5.74) is 2.88. The first-order valence-electron chi connectivity index (χ1n) is 10.0. The summed E-state index contributed by atoms with van der Waals surface area (Å²) in [6.45, 7) is 2.97. The highest BCUT2D eigenvalue weighted by Gasteiger charge is 2.20. The Morgan fingerprint density at radius 3 is 2.79 bits per heavy atom. The highest BCUT2D eigenvalue weighted by molar-refractivity contribution is 5.84. The minimum atomic E-state index is 0.576. The summed E-state index contributed by atoms with van der Waals surface area (Å²) in [7, 11) is 4.08. The van der Waals surface area contributed by atoms with Gasteiger partial charge in [-0.05, 0) is 77.0 Å². The number of nitrogens with one attached hydrogen (secondary N) is 1. The van der Waals surface area contributed by atoms with E-state index in [1.807, 2.05) is 38.4 Å². The quantitative estimate of drug-likeness (QED) is 0.668. The number of ether oxygens (including phenoxy) is 1. The van der Waals surface area contributed by atoms with Crippen molar-refractivity contribution in [2.45, 2.75) is 32.2 Å². The molecule has 0 bridgehead atoms. The third-order valence-electron chi connectivity index (χ3n) is 5.35. The van der Waals surface area contributed by atoms with E-state index < -0.39 is 0 Å². The van der Waals surface area contributed by atoms with Crippen molar-refractivity contribution in [2.75, 3.05) is 27.2 Å². The van der Waals surface area contributed by atoms with E-state index in [2.05, 4.69) is 26.4 Å². The van der Waals surface area contributed by atoms with Crippen LogP contribution in [0.15, 0.2) is 41.1 Å². The minimum Gasteiger partial charge on any atom is -0.439 e. The van der Waals surface area contributed by atoms with Crippen molar-refractivity contribution in [1.82, 2.24) is 20.4 Å². The second kappa shape index (κ2) is 8.71. The van der Waals surface area contributed by atoms with E-state index in [0.29, 0.717) is 12.4 Å². The molecule has 0 radical (unpaired) electrons. The van der Waals surface area contributed by atoms with E-state index in [-0.39, 0.29) is 0 Å². The fourth-order valence-corrected chi connectivity index (χ4v) is 3.86. The summed E-state index contributed by atoms with van der Waals surface area (Å²) in [6, 6.07) is 9.73. The Morgan fingerprint density at radius 1 is 1.18 bits per heavy atom. The third-order valence-corrected chi connectivity index (χ3v) is 5.35. The van der Waals surface area contributed by atoms with Crippen molar-refractivity contribution < 1.29 is 9.26 Å². The van der Waals surface area contributed by atoms with E-state index in [1.54, 1.807) is 6.20 Å². The molecule has 1 N–H and O–H groups in total. The van der Waals surface area contributed by atoms with Crippen molar-refractivity contribution in [3.63, 3.8) is 0 Å². The predicted octanol–water partition coefficient (Wildman–Crippen LogP) is 4.01. The fraction of sp³-hybridized carbons (Fsp3) is 0.455. The zero-order valence-electron chi connectivity index (χ0n) is 16.6. The zero-order valence-corrected chi connectivity index (χ0v) is 16.6. The molecule has 1 aromatic carbocycles. The van der Waals surface area contributed by atoms with Gasteiger partial charge < -0.3 is 19.5 Å². The molecule has 0 aliphatic carbocycles. The molecule has 0 amide bonds. The molecule has 3 heterocycles. The van der Waals surface area contributed by atoms with E-state index in [1.165, 1.54) is 19.3 Å². The van der Waals surface area contributed by atoms with Crippen molar-refractivity contribution in [3.05, 3.63) is 47.8 Å². The van der Waals surface area contributed by atoms with Crippen LogP contribution in [0.2, 0.25) is 0 Å². The predicted molar refractivity (Wildman–Crippen MR) is 110 cm³/mol. The molecule has 148 valence electrons. The number of pyridine rings is 1. The summed E-state index contributed by atoms with van der Waals surface area (Å²) in [4.78, 5) is 6.38. The van der Waals surface area contributed by atoms with Crippen LogP contribution in [0.5, 0.6) is 11.6 Å². The summed E-state index contributed by atoms with van der Waals surface area (Å²) < 4.78 is 11.9. The lowest BCUT2D eigenvalue weighted by molar-refractivity contribution is 0.349. The van der Waals surface area contributed by atoms with E-state index >= 15 is 0 Å². The van der Waals surface area contributed by atoms with Gasteiger partial charge in [-0.2, -0.15) is 0 Å². The standard InChI is InChI=1S/C22H28N4O2/c1-26(2)15-18-20(27-21-5-3-4-12-24-21)9-7-17-19(25-28-22(17)18)8-6-16-10-13-23-14-11-16/h3-5,7,9,12,16,23H,6,8,10-11,13-15H2,1-2H3. The van der Waals surface area contributed by atoms with Crippen molar-refractivity contribution in [2.24, 2.45) is 5.92 Å². The molecule has 2 aromatic heterocycles. The number of hydrogen-bond acceptors (Lipinski definition) is 6. The van der Waals surface area contributed by atoms with Gasteiger partial charge in [0.15, 0.2) is 5.58 Å². The average molecular weight is 380 g/mol. The summed E-state index contributed by atoms with van der Waals surface area (Å²) in [5.74, 6) is 2.12. The number of nitrogens with zero attached hydrogens (tertiary/aromatic N) is 3. The Kier molecular flexibility index (Phi) is 5.88. The van der Waals surface area contributed by atoms with Crippen molar-refractivity contribution in [3.8, 4) is 11.6 Å². The Bertz CT molecular complexity index is 902. The monoisotopic (exact) mass is 380 g/mol. The number of benzene rings is 1. The lowest BCUT2D eigenvalue weighted by Crippen LogP contribution is -2.27. The summed E-state index contributed by atoms with van der Waals surface area (Å²) in [6.07, 6.45) is 6.36. The normalized spacial score (nSPS) is 15.4. The first-order valence-corrected chi connectivity index (χ1v) is 10.0. The molecule has 0 unspecified atom stereocenters. The molecule has 3 aromatic rings. The molecule has 1 fully saturated rings. The Balaban J connectivity index is 1.60. The SMILES string of the molecule is CN(C)Cc1c(Oc2ccccn2)ccc2c(CCC3CCNCC3)noc12. The van der Waals surface area contributed by atoms with Crippen LogP contribution in [0.3, 0.4) is 0 Å². The van der Waals surface area contributed by atoms with E-state index in [9.17, 15) is 0 Å². The van der Waals surface area contributed by atoms with E-state index in [0.717, 1.165) is 53.4 Å². The molecule has 28 heavy (non-hydrogen) atoms. The van der Waals surface area contributed by atoms with Crippen LogP contribution >= 0.6 is 0 Å². The zero-order chi connectivity index (χ0) is 19.3. The van der Waals surface area contributed by atoms with Crippen molar-refractivity contribution >= 4 is 11.0 Å². The second-order valence-corrected chi connectivity index (χ2v) is 7.79. The van der Waals surface area contributed by atoms with Crippen LogP contribution in [0.25, 0.3) is 11.0 Å². The summed E-state index contributed by atoms with van der Waals surface area (Å²) in [5, 5.41) is 8.94. The molecule has 0 saturated carbocycles. The third kappa shape index (κ3) is 4.34. The first kappa shape index (κ1) is 18.9. The molecule has 0 atom stereocenters. The van der Waals surface area contributed by atoms with Crippen LogP contribution < -0.4 is 10.1 Å². The molecule has 6 nitrogen and oxygen atoms in total. The van der Waals surface area contributed by atoms with Crippen molar-refractivity contribution in [1.29, 1.82) is 0 Å². The van der Waals surface area contributed by atoms with Gasteiger partial charge in [-0.3, -0.25) is 0 Å². The van der Waals surface area contributed by atoms with Gasteiger partial charge in [0.25, 0.3) is 0 Å². The minimum absolute atomic E-state index is 0.576. The molecule has 1 saturated heterocycles. The van der Waals surface area contributed by atoms with Gasteiger partial charge in [0.2, 0.25) is 5.88 Å². The molecular weight excluding hydrogens is 352 g/mol. The van der Waals surface area contributed by atoms with Gasteiger partial charge in [0.1, 0.15) is 5.75 Å². The van der Waals surface area contributed by atoms with Crippen LogP contribution in [0.4, 0.5) is 0 Å². The second-order valence-electron chi connectivity index (χ2n) is 7.79. The van der Waals surface area contributed by atoms with Gasteiger partial charge in [0, 0.05) is 24.2 Å². The molecule has 1 aliphatic heterocycles.